The molecule has 3 N–H and O–H groups in total. The van der Waals surface area contributed by atoms with E-state index in [9.17, 15) is 9.18 Å². The number of nitrogens with two attached hydrogens (primary N) is 1. The van der Waals surface area contributed by atoms with Crippen LogP contribution in [0.5, 0.6) is 5.75 Å². The average Bonchev–Trinajstić information content (AvgIpc) is 2.55. The smallest absolute Gasteiger partial charge is 0.255 e. The predicted molar refractivity (Wildman–Crippen MR) is 81.4 cm³/mol. The molecule has 1 unspecified atom stereocenters. The summed E-state index contributed by atoms with van der Waals surface area (Å²) in [5, 5.41) is 2.84. The zero-order valence-electron chi connectivity index (χ0n) is 12.6. The molecule has 0 aromatic heterocycles. The van der Waals surface area contributed by atoms with Crippen LogP contribution in [0.25, 0.3) is 0 Å². The van der Waals surface area contributed by atoms with Crippen LogP contribution in [-0.2, 0) is 4.74 Å². The van der Waals surface area contributed by atoms with Crippen molar-refractivity contribution < 1.29 is 18.7 Å². The van der Waals surface area contributed by atoms with Crippen molar-refractivity contribution in [2.75, 3.05) is 32.9 Å². The maximum atomic E-state index is 13.4. The van der Waals surface area contributed by atoms with Crippen molar-refractivity contribution in [3.63, 3.8) is 0 Å². The molecule has 1 amide bonds. The number of benzene rings is 1. The predicted octanol–water partition coefficient (Wildman–Crippen LogP) is 1.71. The number of rotatable bonds is 7. The van der Waals surface area contributed by atoms with Gasteiger partial charge in [0.15, 0.2) is 0 Å². The summed E-state index contributed by atoms with van der Waals surface area (Å²) in [6.45, 7) is 2.87. The molecule has 1 aromatic carbocycles. The molecule has 6 heteroatoms. The van der Waals surface area contributed by atoms with E-state index in [1.807, 2.05) is 0 Å². The molecule has 0 aliphatic carbocycles. The largest absolute Gasteiger partial charge is 0.493 e. The molecule has 1 aliphatic rings. The second-order valence-electron chi connectivity index (χ2n) is 5.42. The Hall–Kier alpha value is -1.66. The van der Waals surface area contributed by atoms with E-state index in [1.165, 1.54) is 18.2 Å². The van der Waals surface area contributed by atoms with Gasteiger partial charge in [-0.05, 0) is 49.9 Å². The van der Waals surface area contributed by atoms with Crippen LogP contribution in [0.1, 0.15) is 29.6 Å². The Morgan fingerprint density at radius 2 is 2.36 bits per heavy atom. The Labute approximate surface area is 130 Å². The van der Waals surface area contributed by atoms with Crippen LogP contribution in [0.2, 0.25) is 0 Å². The van der Waals surface area contributed by atoms with Gasteiger partial charge in [-0.3, -0.25) is 4.79 Å². The molecule has 1 fully saturated rings. The topological polar surface area (TPSA) is 73.6 Å². The SMILES string of the molecule is NCCCOc1ccc(F)cc1C(=O)NCC1CCCOC1. The summed E-state index contributed by atoms with van der Waals surface area (Å²) >= 11 is 0. The summed E-state index contributed by atoms with van der Waals surface area (Å²) in [7, 11) is 0. The van der Waals surface area contributed by atoms with E-state index in [0.29, 0.717) is 44.4 Å². The highest BCUT2D eigenvalue weighted by molar-refractivity contribution is 5.96. The number of amides is 1. The van der Waals surface area contributed by atoms with E-state index in [1.54, 1.807) is 0 Å². The molecule has 22 heavy (non-hydrogen) atoms. The minimum atomic E-state index is -0.461. The van der Waals surface area contributed by atoms with Gasteiger partial charge < -0.3 is 20.5 Å². The molecule has 0 radical (unpaired) electrons. The molecule has 1 heterocycles. The minimum Gasteiger partial charge on any atom is -0.493 e. The van der Waals surface area contributed by atoms with Crippen molar-refractivity contribution in [1.29, 1.82) is 0 Å². The van der Waals surface area contributed by atoms with Gasteiger partial charge in [-0.25, -0.2) is 4.39 Å². The third-order valence-corrected chi connectivity index (χ3v) is 3.60. The zero-order chi connectivity index (χ0) is 15.8. The van der Waals surface area contributed by atoms with Crippen LogP contribution in [0, 0.1) is 11.7 Å². The third-order valence-electron chi connectivity index (χ3n) is 3.60. The van der Waals surface area contributed by atoms with Gasteiger partial charge in [-0.2, -0.15) is 0 Å². The van der Waals surface area contributed by atoms with E-state index in [2.05, 4.69) is 5.32 Å². The molecular weight excluding hydrogens is 287 g/mol. The number of carbonyl (C=O) groups is 1. The normalized spacial score (nSPS) is 18.0. The van der Waals surface area contributed by atoms with E-state index in [-0.39, 0.29) is 11.5 Å². The first-order valence-electron chi connectivity index (χ1n) is 7.69. The summed E-state index contributed by atoms with van der Waals surface area (Å²) in [5.74, 6) is -0.0924. The quantitative estimate of drug-likeness (QED) is 0.752. The molecule has 0 saturated carbocycles. The van der Waals surface area contributed by atoms with Crippen molar-refractivity contribution in [2.24, 2.45) is 11.7 Å². The van der Waals surface area contributed by atoms with E-state index >= 15 is 0 Å². The molecule has 1 saturated heterocycles. The third kappa shape index (κ3) is 4.96. The van der Waals surface area contributed by atoms with Crippen molar-refractivity contribution in [1.82, 2.24) is 5.32 Å². The fourth-order valence-electron chi connectivity index (χ4n) is 2.37. The lowest BCUT2D eigenvalue weighted by Gasteiger charge is -2.22. The molecule has 1 aromatic rings. The maximum absolute atomic E-state index is 13.4. The van der Waals surface area contributed by atoms with Gasteiger partial charge in [-0.15, -0.1) is 0 Å². The number of hydrogen-bond acceptors (Lipinski definition) is 4. The number of carbonyl (C=O) groups excluding carboxylic acids is 1. The van der Waals surface area contributed by atoms with E-state index in [0.717, 1.165) is 19.4 Å². The van der Waals surface area contributed by atoms with Gasteiger partial charge >= 0.3 is 0 Å². The molecular formula is C16H23FN2O3. The maximum Gasteiger partial charge on any atom is 0.255 e. The Bertz CT molecular complexity index is 490. The van der Waals surface area contributed by atoms with Gasteiger partial charge in [0.05, 0.1) is 18.8 Å². The summed E-state index contributed by atoms with van der Waals surface area (Å²) < 4.78 is 24.3. The van der Waals surface area contributed by atoms with Crippen LogP contribution < -0.4 is 15.8 Å². The lowest BCUT2D eigenvalue weighted by Crippen LogP contribution is -2.33. The van der Waals surface area contributed by atoms with E-state index < -0.39 is 5.82 Å². The highest BCUT2D eigenvalue weighted by Gasteiger charge is 2.18. The first kappa shape index (κ1) is 16.7. The van der Waals surface area contributed by atoms with Gasteiger partial charge in [0, 0.05) is 13.2 Å². The summed E-state index contributed by atoms with van der Waals surface area (Å²) in [6, 6.07) is 3.96. The first-order valence-corrected chi connectivity index (χ1v) is 7.69. The first-order chi connectivity index (χ1) is 10.7. The Morgan fingerprint density at radius 3 is 3.09 bits per heavy atom. The monoisotopic (exact) mass is 310 g/mol. The van der Waals surface area contributed by atoms with Crippen LogP contribution in [-0.4, -0.2) is 38.8 Å². The minimum absolute atomic E-state index is 0.216. The van der Waals surface area contributed by atoms with Crippen LogP contribution in [0.4, 0.5) is 4.39 Å². The average molecular weight is 310 g/mol. The lowest BCUT2D eigenvalue weighted by molar-refractivity contribution is 0.0536. The molecule has 2 rings (SSSR count). The highest BCUT2D eigenvalue weighted by atomic mass is 19.1. The number of nitrogens with one attached hydrogen (secondary N) is 1. The Morgan fingerprint density at radius 1 is 1.50 bits per heavy atom. The van der Waals surface area contributed by atoms with Crippen molar-refractivity contribution in [2.45, 2.75) is 19.3 Å². The molecule has 5 nitrogen and oxygen atoms in total. The van der Waals surface area contributed by atoms with Crippen molar-refractivity contribution >= 4 is 5.91 Å². The van der Waals surface area contributed by atoms with Gasteiger partial charge in [0.25, 0.3) is 5.91 Å². The van der Waals surface area contributed by atoms with Crippen LogP contribution >= 0.6 is 0 Å². The van der Waals surface area contributed by atoms with Crippen molar-refractivity contribution in [3.8, 4) is 5.75 Å². The fraction of sp³-hybridized carbons (Fsp3) is 0.562. The van der Waals surface area contributed by atoms with E-state index in [4.69, 9.17) is 15.2 Å². The molecule has 122 valence electrons. The lowest BCUT2D eigenvalue weighted by atomic mass is 10.0. The molecule has 1 atom stereocenters. The standard InChI is InChI=1S/C16H23FN2O3/c17-13-4-5-15(22-8-2-6-18)14(9-13)16(20)19-10-12-3-1-7-21-11-12/h4-5,9,12H,1-3,6-8,10-11,18H2,(H,19,20). The molecule has 0 spiro atoms. The zero-order valence-corrected chi connectivity index (χ0v) is 12.6. The highest BCUT2D eigenvalue weighted by Crippen LogP contribution is 2.20. The second kappa shape index (κ2) is 8.70. The fourth-order valence-corrected chi connectivity index (χ4v) is 2.37. The van der Waals surface area contributed by atoms with Gasteiger partial charge in [0.2, 0.25) is 0 Å². The second-order valence-corrected chi connectivity index (χ2v) is 5.42. The Kier molecular flexibility index (Phi) is 6.61. The van der Waals surface area contributed by atoms with Crippen LogP contribution in [0.15, 0.2) is 18.2 Å². The van der Waals surface area contributed by atoms with Crippen molar-refractivity contribution in [3.05, 3.63) is 29.6 Å². The summed E-state index contributed by atoms with van der Waals surface area (Å²) in [5.41, 5.74) is 5.63. The van der Waals surface area contributed by atoms with Gasteiger partial charge in [-0.1, -0.05) is 0 Å². The number of ether oxygens (including phenoxy) is 2. The summed E-state index contributed by atoms with van der Waals surface area (Å²) in [6.07, 6.45) is 2.72. The van der Waals surface area contributed by atoms with Crippen LogP contribution in [0.3, 0.4) is 0 Å². The number of halogens is 1. The Balaban J connectivity index is 1.95. The summed E-state index contributed by atoms with van der Waals surface area (Å²) in [4.78, 5) is 12.3. The molecule has 0 bridgehead atoms. The molecule has 1 aliphatic heterocycles. The van der Waals surface area contributed by atoms with Gasteiger partial charge in [0.1, 0.15) is 11.6 Å². The number of hydrogen-bond donors (Lipinski definition) is 2.